The maximum Gasteiger partial charge on any atom is 0.250 e. The lowest BCUT2D eigenvalue weighted by molar-refractivity contribution is 0.567. The van der Waals surface area contributed by atoms with Crippen LogP contribution >= 0.6 is 0 Å². The van der Waals surface area contributed by atoms with Crippen LogP contribution in [0.2, 0.25) is 0 Å². The summed E-state index contributed by atoms with van der Waals surface area (Å²) in [6.45, 7) is 2.90. The molecule has 7 nitrogen and oxygen atoms in total. The first kappa shape index (κ1) is 15.8. The fourth-order valence-corrected chi connectivity index (χ4v) is 3.37. The molecule has 0 saturated carbocycles. The van der Waals surface area contributed by atoms with E-state index < -0.39 is 0 Å². The fraction of sp³-hybridized carbons (Fsp3) is 0.444. The molecule has 0 N–H and O–H groups in total. The minimum atomic E-state index is 0.809. The second-order valence-corrected chi connectivity index (χ2v) is 6.41. The summed E-state index contributed by atoms with van der Waals surface area (Å²) in [4.78, 5) is 6.82. The van der Waals surface area contributed by atoms with Gasteiger partial charge in [0.05, 0.1) is 5.69 Å². The Morgan fingerprint density at radius 1 is 0.880 bits per heavy atom. The van der Waals surface area contributed by atoms with Gasteiger partial charge in [0, 0.05) is 38.4 Å². The van der Waals surface area contributed by atoms with Crippen LogP contribution in [0.1, 0.15) is 31.5 Å². The highest BCUT2D eigenvalue weighted by atomic mass is 15.6. The quantitative estimate of drug-likeness (QED) is 0.719. The van der Waals surface area contributed by atoms with Gasteiger partial charge in [-0.25, -0.2) is 4.98 Å². The molecule has 2 aromatic heterocycles. The molecule has 0 amide bonds. The maximum atomic E-state index is 4.54. The van der Waals surface area contributed by atoms with Gasteiger partial charge in [0.15, 0.2) is 0 Å². The lowest BCUT2D eigenvalue weighted by Crippen LogP contribution is -2.30. The minimum Gasteiger partial charge on any atom is -0.339 e. The lowest BCUT2D eigenvalue weighted by atomic mass is 10.2. The number of aryl methyl sites for hydroxylation is 1. The highest BCUT2D eigenvalue weighted by molar-refractivity contribution is 5.40. The van der Waals surface area contributed by atoms with Crippen molar-refractivity contribution in [3.8, 4) is 5.69 Å². The van der Waals surface area contributed by atoms with E-state index in [1.165, 1.54) is 19.3 Å². The summed E-state index contributed by atoms with van der Waals surface area (Å²) in [5, 5.41) is 12.4. The number of fused-ring (bicyclic) bond motifs is 1. The monoisotopic (exact) mass is 337 g/mol. The summed E-state index contributed by atoms with van der Waals surface area (Å²) in [5.41, 5.74) is 0.985. The van der Waals surface area contributed by atoms with E-state index in [4.69, 9.17) is 0 Å². The molecule has 1 aromatic carbocycles. The number of nitrogens with zero attached hydrogens (tertiary/aromatic N) is 7. The number of benzene rings is 1. The SMILES string of the molecule is c1ccc(-n2nnnc2N2CCCCCCn3ccnc3CC2)cc1. The molecule has 25 heavy (non-hydrogen) atoms. The predicted octanol–water partition coefficient (Wildman–Crippen LogP) is 2.48. The van der Waals surface area contributed by atoms with Crippen molar-refractivity contribution in [2.24, 2.45) is 0 Å². The Morgan fingerprint density at radius 3 is 2.60 bits per heavy atom. The summed E-state index contributed by atoms with van der Waals surface area (Å²) in [6, 6.07) is 10.1. The van der Waals surface area contributed by atoms with E-state index in [0.29, 0.717) is 0 Å². The van der Waals surface area contributed by atoms with Crippen LogP contribution in [-0.4, -0.2) is 42.8 Å². The van der Waals surface area contributed by atoms with E-state index in [2.05, 4.69) is 36.2 Å². The summed E-state index contributed by atoms with van der Waals surface area (Å²) >= 11 is 0. The molecule has 1 aliphatic heterocycles. The van der Waals surface area contributed by atoms with Gasteiger partial charge in [-0.05, 0) is 35.4 Å². The first-order valence-electron chi connectivity index (χ1n) is 9.00. The summed E-state index contributed by atoms with van der Waals surface area (Å²) in [6.07, 6.45) is 9.73. The van der Waals surface area contributed by atoms with Crippen LogP contribution < -0.4 is 4.90 Å². The van der Waals surface area contributed by atoms with E-state index >= 15 is 0 Å². The van der Waals surface area contributed by atoms with Crippen molar-refractivity contribution in [2.45, 2.75) is 38.6 Å². The number of hydrogen-bond acceptors (Lipinski definition) is 5. The van der Waals surface area contributed by atoms with Gasteiger partial charge in [0.2, 0.25) is 5.95 Å². The largest absolute Gasteiger partial charge is 0.339 e. The van der Waals surface area contributed by atoms with Gasteiger partial charge in [-0.2, -0.15) is 4.68 Å². The Balaban J connectivity index is 1.60. The molecule has 0 fully saturated rings. The van der Waals surface area contributed by atoms with Crippen LogP contribution in [0, 0.1) is 0 Å². The smallest absolute Gasteiger partial charge is 0.250 e. The van der Waals surface area contributed by atoms with Gasteiger partial charge in [-0.1, -0.05) is 36.1 Å². The third kappa shape index (κ3) is 3.55. The summed E-state index contributed by atoms with van der Waals surface area (Å²) in [5.74, 6) is 1.95. The van der Waals surface area contributed by atoms with E-state index in [-0.39, 0.29) is 0 Å². The zero-order chi connectivity index (χ0) is 16.9. The van der Waals surface area contributed by atoms with Crippen LogP contribution in [0.4, 0.5) is 5.95 Å². The van der Waals surface area contributed by atoms with Crippen LogP contribution in [-0.2, 0) is 13.0 Å². The van der Waals surface area contributed by atoms with Crippen molar-refractivity contribution < 1.29 is 0 Å². The molecule has 7 heteroatoms. The molecule has 3 heterocycles. The molecule has 1 aliphatic rings. The number of imidazole rings is 1. The van der Waals surface area contributed by atoms with Gasteiger partial charge in [-0.3, -0.25) is 0 Å². The molecule has 130 valence electrons. The maximum absolute atomic E-state index is 4.54. The fourth-order valence-electron chi connectivity index (χ4n) is 3.37. The Hall–Kier alpha value is -2.70. The average Bonchev–Trinajstić information content (AvgIpc) is 3.30. The highest BCUT2D eigenvalue weighted by Gasteiger charge is 2.17. The molecule has 4 rings (SSSR count). The second-order valence-electron chi connectivity index (χ2n) is 6.41. The van der Waals surface area contributed by atoms with Crippen LogP contribution in [0.5, 0.6) is 0 Å². The Labute approximate surface area is 147 Å². The van der Waals surface area contributed by atoms with E-state index in [0.717, 1.165) is 49.9 Å². The van der Waals surface area contributed by atoms with Crippen LogP contribution in [0.25, 0.3) is 5.69 Å². The third-order valence-electron chi connectivity index (χ3n) is 4.72. The first-order valence-corrected chi connectivity index (χ1v) is 9.00. The number of anilines is 1. The van der Waals surface area contributed by atoms with E-state index in [9.17, 15) is 0 Å². The van der Waals surface area contributed by atoms with Gasteiger partial charge < -0.3 is 9.47 Å². The first-order chi connectivity index (χ1) is 12.4. The predicted molar refractivity (Wildman–Crippen MR) is 95.8 cm³/mol. The van der Waals surface area contributed by atoms with Gasteiger partial charge in [0.1, 0.15) is 5.82 Å². The molecule has 0 saturated heterocycles. The highest BCUT2D eigenvalue weighted by Crippen LogP contribution is 2.18. The lowest BCUT2D eigenvalue weighted by Gasteiger charge is -2.22. The molecule has 0 radical (unpaired) electrons. The van der Waals surface area contributed by atoms with E-state index in [1.54, 1.807) is 0 Å². The number of tetrazole rings is 1. The Kier molecular flexibility index (Phi) is 4.72. The summed E-state index contributed by atoms with van der Waals surface area (Å²) in [7, 11) is 0. The van der Waals surface area contributed by atoms with Crippen molar-refractivity contribution in [3.63, 3.8) is 0 Å². The molecular formula is C18H23N7. The van der Waals surface area contributed by atoms with Crippen molar-refractivity contribution in [1.29, 1.82) is 0 Å². The average molecular weight is 337 g/mol. The molecular weight excluding hydrogens is 314 g/mol. The third-order valence-corrected chi connectivity index (χ3v) is 4.72. The number of aromatic nitrogens is 6. The second kappa shape index (κ2) is 7.46. The number of hydrogen-bond donors (Lipinski definition) is 0. The molecule has 0 unspecified atom stereocenters. The van der Waals surface area contributed by atoms with Gasteiger partial charge in [-0.15, -0.1) is 0 Å². The molecule has 3 aromatic rings. The van der Waals surface area contributed by atoms with Crippen molar-refractivity contribution in [1.82, 2.24) is 29.8 Å². The standard InChI is InChI=1S/C18H23N7/c1-2-7-13-24(14-10-17-19-11-15-23(17)12-6-1)18-20-21-22-25(18)16-8-4-3-5-9-16/h3-5,8-9,11,15H,1-2,6-7,10,12-14H2. The Morgan fingerprint density at radius 2 is 1.72 bits per heavy atom. The molecule has 0 aliphatic carbocycles. The van der Waals surface area contributed by atoms with Crippen molar-refractivity contribution in [2.75, 3.05) is 18.0 Å². The molecule has 0 atom stereocenters. The van der Waals surface area contributed by atoms with Crippen LogP contribution in [0.15, 0.2) is 42.7 Å². The zero-order valence-electron chi connectivity index (χ0n) is 14.3. The molecule has 0 bridgehead atoms. The van der Waals surface area contributed by atoms with E-state index in [1.807, 2.05) is 41.2 Å². The normalized spacial score (nSPS) is 16.2. The van der Waals surface area contributed by atoms with Gasteiger partial charge in [0.25, 0.3) is 0 Å². The zero-order valence-corrected chi connectivity index (χ0v) is 14.3. The van der Waals surface area contributed by atoms with Crippen molar-refractivity contribution in [3.05, 3.63) is 48.5 Å². The van der Waals surface area contributed by atoms with Gasteiger partial charge >= 0.3 is 0 Å². The Bertz CT molecular complexity index is 793. The van der Waals surface area contributed by atoms with Crippen LogP contribution in [0.3, 0.4) is 0 Å². The summed E-state index contributed by atoms with van der Waals surface area (Å²) < 4.78 is 4.11. The van der Waals surface area contributed by atoms with Crippen molar-refractivity contribution >= 4 is 5.95 Å². The number of para-hydroxylation sites is 1. The molecule has 0 spiro atoms. The topological polar surface area (TPSA) is 64.7 Å². The minimum absolute atomic E-state index is 0.809. The number of rotatable bonds is 2.